The standard InChI is InChI=1S/C24H30BrFN6O2/c1-3-21-17(13-28-24(33)27-12-15-5-6-20(26)19(25)11-15)22(30-16-7-9-34-10-8-16)18-14-29-32(4-2)23(18)31-21/h5-6,11,14,16H,3-4,7-10,12-13H2,1-2H3,(H,30,31)(H2,27,28,33). The zero-order valence-electron chi connectivity index (χ0n) is 19.5. The summed E-state index contributed by atoms with van der Waals surface area (Å²) in [7, 11) is 0. The number of halogens is 2. The number of rotatable bonds is 8. The lowest BCUT2D eigenvalue weighted by molar-refractivity contribution is 0.0904. The van der Waals surface area contributed by atoms with Gasteiger partial charge in [0.1, 0.15) is 5.82 Å². The van der Waals surface area contributed by atoms with Crippen LogP contribution in [0.5, 0.6) is 0 Å². The number of benzene rings is 1. The Bertz CT molecular complexity index is 1160. The second-order valence-corrected chi connectivity index (χ2v) is 9.13. The van der Waals surface area contributed by atoms with Crippen molar-refractivity contribution in [2.75, 3.05) is 18.5 Å². The minimum Gasteiger partial charge on any atom is -0.381 e. The van der Waals surface area contributed by atoms with Crippen molar-refractivity contribution in [1.29, 1.82) is 0 Å². The lowest BCUT2D eigenvalue weighted by Gasteiger charge is -2.26. The Hall–Kier alpha value is -2.72. The Kier molecular flexibility index (Phi) is 7.99. The molecule has 0 aliphatic carbocycles. The van der Waals surface area contributed by atoms with Crippen LogP contribution < -0.4 is 16.0 Å². The van der Waals surface area contributed by atoms with E-state index in [0.717, 1.165) is 72.6 Å². The molecular formula is C24H30BrFN6O2. The minimum atomic E-state index is -0.334. The zero-order valence-corrected chi connectivity index (χ0v) is 21.0. The minimum absolute atomic E-state index is 0.290. The van der Waals surface area contributed by atoms with Gasteiger partial charge in [-0.05, 0) is 59.8 Å². The van der Waals surface area contributed by atoms with E-state index in [4.69, 9.17) is 9.72 Å². The smallest absolute Gasteiger partial charge is 0.315 e. The molecule has 3 aromatic rings. The van der Waals surface area contributed by atoms with Crippen molar-refractivity contribution in [3.63, 3.8) is 0 Å². The Morgan fingerprint density at radius 3 is 2.71 bits per heavy atom. The molecule has 0 saturated carbocycles. The van der Waals surface area contributed by atoms with Crippen molar-refractivity contribution >= 4 is 38.7 Å². The van der Waals surface area contributed by atoms with E-state index in [1.54, 1.807) is 12.1 Å². The van der Waals surface area contributed by atoms with E-state index in [0.29, 0.717) is 23.6 Å². The van der Waals surface area contributed by atoms with Gasteiger partial charge in [0.15, 0.2) is 5.65 Å². The quantitative estimate of drug-likeness (QED) is 0.397. The van der Waals surface area contributed by atoms with Gasteiger partial charge >= 0.3 is 6.03 Å². The Morgan fingerprint density at radius 2 is 2.00 bits per heavy atom. The number of hydrogen-bond acceptors (Lipinski definition) is 5. The number of urea groups is 1. The highest BCUT2D eigenvalue weighted by atomic mass is 79.9. The molecule has 4 rings (SSSR count). The van der Waals surface area contributed by atoms with Crippen molar-refractivity contribution in [3.05, 3.63) is 51.5 Å². The number of pyridine rings is 1. The Labute approximate surface area is 206 Å². The van der Waals surface area contributed by atoms with Gasteiger partial charge in [-0.15, -0.1) is 0 Å². The molecule has 182 valence electrons. The third kappa shape index (κ3) is 5.50. The highest BCUT2D eigenvalue weighted by Crippen LogP contribution is 2.31. The summed E-state index contributed by atoms with van der Waals surface area (Å²) in [6.07, 6.45) is 4.43. The van der Waals surface area contributed by atoms with Crippen LogP contribution in [0.1, 0.15) is 43.5 Å². The molecule has 1 fully saturated rings. The number of amides is 2. The van der Waals surface area contributed by atoms with Crippen LogP contribution in [0.3, 0.4) is 0 Å². The van der Waals surface area contributed by atoms with Crippen LogP contribution in [0.4, 0.5) is 14.9 Å². The summed E-state index contributed by atoms with van der Waals surface area (Å²) < 4.78 is 21.2. The summed E-state index contributed by atoms with van der Waals surface area (Å²) in [5, 5.41) is 15.0. The lowest BCUT2D eigenvalue weighted by Crippen LogP contribution is -2.35. The van der Waals surface area contributed by atoms with Crippen molar-refractivity contribution in [1.82, 2.24) is 25.4 Å². The highest BCUT2D eigenvalue weighted by molar-refractivity contribution is 9.10. The van der Waals surface area contributed by atoms with Crippen LogP contribution in [0.25, 0.3) is 11.0 Å². The molecule has 10 heteroatoms. The molecule has 3 heterocycles. The molecule has 1 saturated heterocycles. The lowest BCUT2D eigenvalue weighted by atomic mass is 10.0. The molecule has 1 aromatic carbocycles. The van der Waals surface area contributed by atoms with E-state index in [1.807, 2.05) is 17.8 Å². The first kappa shape index (κ1) is 24.4. The predicted molar refractivity (Wildman–Crippen MR) is 133 cm³/mol. The van der Waals surface area contributed by atoms with Gasteiger partial charge in [0.25, 0.3) is 0 Å². The second-order valence-electron chi connectivity index (χ2n) is 8.28. The molecule has 0 atom stereocenters. The molecule has 0 spiro atoms. The van der Waals surface area contributed by atoms with Gasteiger partial charge in [0, 0.05) is 50.1 Å². The molecule has 0 radical (unpaired) electrons. The first-order chi connectivity index (χ1) is 16.5. The molecule has 8 nitrogen and oxygen atoms in total. The van der Waals surface area contributed by atoms with Gasteiger partial charge in [0.05, 0.1) is 21.7 Å². The first-order valence-electron chi connectivity index (χ1n) is 11.7. The van der Waals surface area contributed by atoms with Crippen molar-refractivity contribution in [2.45, 2.75) is 58.8 Å². The summed E-state index contributed by atoms with van der Waals surface area (Å²) in [6.45, 7) is 6.93. The molecule has 3 N–H and O–H groups in total. The number of nitrogens with zero attached hydrogens (tertiary/aromatic N) is 3. The van der Waals surface area contributed by atoms with E-state index in [-0.39, 0.29) is 11.8 Å². The van der Waals surface area contributed by atoms with E-state index in [9.17, 15) is 9.18 Å². The average Bonchev–Trinajstić information content (AvgIpc) is 3.27. The van der Waals surface area contributed by atoms with Gasteiger partial charge in [-0.3, -0.25) is 0 Å². The van der Waals surface area contributed by atoms with Gasteiger partial charge in [-0.2, -0.15) is 5.10 Å². The number of carbonyl (C=O) groups is 1. The molecule has 2 amide bonds. The third-order valence-corrected chi connectivity index (χ3v) is 6.65. The molecule has 1 aliphatic rings. The Balaban J connectivity index is 1.54. The van der Waals surface area contributed by atoms with Crippen molar-refractivity contribution in [3.8, 4) is 0 Å². The van der Waals surface area contributed by atoms with E-state index < -0.39 is 0 Å². The number of anilines is 1. The third-order valence-electron chi connectivity index (χ3n) is 6.04. The SMILES string of the molecule is CCc1nc2c(cnn2CC)c(NC2CCOCC2)c1CNC(=O)NCc1ccc(F)c(Br)c1. The molecule has 34 heavy (non-hydrogen) atoms. The number of nitrogens with one attached hydrogen (secondary N) is 3. The van der Waals surface area contributed by atoms with Gasteiger partial charge in [-0.25, -0.2) is 18.9 Å². The molecule has 0 bridgehead atoms. The van der Waals surface area contributed by atoms with E-state index in [2.05, 4.69) is 43.9 Å². The maximum absolute atomic E-state index is 13.4. The monoisotopic (exact) mass is 532 g/mol. The van der Waals surface area contributed by atoms with E-state index in [1.165, 1.54) is 6.07 Å². The molecule has 2 aromatic heterocycles. The molecular weight excluding hydrogens is 503 g/mol. The fourth-order valence-corrected chi connectivity index (χ4v) is 4.59. The van der Waals surface area contributed by atoms with Crippen LogP contribution in [-0.2, 0) is 30.8 Å². The first-order valence-corrected chi connectivity index (χ1v) is 12.5. The number of fused-ring (bicyclic) bond motifs is 1. The predicted octanol–water partition coefficient (Wildman–Crippen LogP) is 4.51. The summed E-state index contributed by atoms with van der Waals surface area (Å²) in [6, 6.07) is 4.67. The normalized spacial score (nSPS) is 14.4. The maximum Gasteiger partial charge on any atom is 0.315 e. The number of aryl methyl sites for hydroxylation is 2. The summed E-state index contributed by atoms with van der Waals surface area (Å²) >= 11 is 3.17. The summed E-state index contributed by atoms with van der Waals surface area (Å²) in [4.78, 5) is 17.5. The van der Waals surface area contributed by atoms with Crippen LogP contribution in [0.2, 0.25) is 0 Å². The number of ether oxygens (including phenoxy) is 1. The summed E-state index contributed by atoms with van der Waals surface area (Å²) in [5.74, 6) is -0.334. The van der Waals surface area contributed by atoms with Gasteiger partial charge in [0.2, 0.25) is 0 Å². The topological polar surface area (TPSA) is 93.1 Å². The maximum atomic E-state index is 13.4. The fraction of sp³-hybridized carbons (Fsp3) is 0.458. The van der Waals surface area contributed by atoms with Crippen molar-refractivity contribution < 1.29 is 13.9 Å². The number of aromatic nitrogens is 3. The molecule has 0 unspecified atom stereocenters. The van der Waals surface area contributed by atoms with Gasteiger partial charge < -0.3 is 20.7 Å². The van der Waals surface area contributed by atoms with Crippen LogP contribution in [0, 0.1) is 5.82 Å². The number of carbonyl (C=O) groups excluding carboxylic acids is 1. The van der Waals surface area contributed by atoms with Crippen LogP contribution >= 0.6 is 15.9 Å². The largest absolute Gasteiger partial charge is 0.381 e. The van der Waals surface area contributed by atoms with E-state index >= 15 is 0 Å². The zero-order chi connectivity index (χ0) is 24.1. The average molecular weight is 533 g/mol. The summed E-state index contributed by atoms with van der Waals surface area (Å²) in [5.41, 5.74) is 4.53. The Morgan fingerprint density at radius 1 is 1.24 bits per heavy atom. The van der Waals surface area contributed by atoms with Gasteiger partial charge in [-0.1, -0.05) is 13.0 Å². The highest BCUT2D eigenvalue weighted by Gasteiger charge is 2.22. The second kappa shape index (κ2) is 11.1. The fourth-order valence-electron chi connectivity index (χ4n) is 4.16. The van der Waals surface area contributed by atoms with Crippen LogP contribution in [0.15, 0.2) is 28.9 Å². The van der Waals surface area contributed by atoms with Crippen molar-refractivity contribution in [2.24, 2.45) is 0 Å². The number of hydrogen-bond donors (Lipinski definition) is 3. The molecule has 1 aliphatic heterocycles. The van der Waals surface area contributed by atoms with Crippen LogP contribution in [-0.4, -0.2) is 40.1 Å².